The van der Waals surface area contributed by atoms with Crippen LogP contribution in [0.25, 0.3) is 0 Å². The quantitative estimate of drug-likeness (QED) is 0.348. The number of carbonyl (C=O) groups excluding carboxylic acids is 2. The number of ether oxygens (including phenoxy) is 1. The molecule has 0 atom stereocenters. The summed E-state index contributed by atoms with van der Waals surface area (Å²) in [4.78, 5) is 22.6. The predicted molar refractivity (Wildman–Crippen MR) is 86.2 cm³/mol. The Bertz CT molecular complexity index is 573. The van der Waals surface area contributed by atoms with E-state index in [2.05, 4.69) is 22.4 Å². The van der Waals surface area contributed by atoms with Crippen LogP contribution in [0, 0.1) is 0 Å². The van der Waals surface area contributed by atoms with Gasteiger partial charge in [-0.25, -0.2) is 5.43 Å². The van der Waals surface area contributed by atoms with Crippen molar-refractivity contribution in [3.05, 3.63) is 41.4 Å². The summed E-state index contributed by atoms with van der Waals surface area (Å²) in [5, 5.41) is 6.48. The third kappa shape index (κ3) is 5.97. The molecule has 7 heteroatoms. The van der Waals surface area contributed by atoms with Gasteiger partial charge >= 0.3 is 11.8 Å². The van der Waals surface area contributed by atoms with E-state index in [4.69, 9.17) is 16.3 Å². The molecule has 0 heterocycles. The van der Waals surface area contributed by atoms with E-state index in [-0.39, 0.29) is 6.54 Å². The van der Waals surface area contributed by atoms with Crippen LogP contribution in [0.15, 0.2) is 36.0 Å². The number of rotatable bonds is 7. The fourth-order valence-electron chi connectivity index (χ4n) is 1.39. The van der Waals surface area contributed by atoms with Gasteiger partial charge in [0, 0.05) is 6.54 Å². The van der Waals surface area contributed by atoms with Gasteiger partial charge < -0.3 is 10.1 Å². The molecule has 22 heavy (non-hydrogen) atoms. The van der Waals surface area contributed by atoms with Crippen LogP contribution in [0.3, 0.4) is 0 Å². The van der Waals surface area contributed by atoms with Crippen LogP contribution in [0.1, 0.15) is 18.9 Å². The molecular weight excluding hydrogens is 306 g/mol. The second-order valence-corrected chi connectivity index (χ2v) is 4.64. The van der Waals surface area contributed by atoms with Gasteiger partial charge in [0.05, 0.1) is 17.8 Å². The predicted octanol–water partition coefficient (Wildman–Crippen LogP) is 1.88. The Labute approximate surface area is 134 Å². The molecule has 0 aromatic heterocycles. The third-order valence-electron chi connectivity index (χ3n) is 2.41. The Morgan fingerprint density at radius 3 is 2.82 bits per heavy atom. The molecule has 0 aliphatic heterocycles. The summed E-state index contributed by atoms with van der Waals surface area (Å²) in [6, 6.07) is 5.11. The number of hydrogen-bond acceptors (Lipinski definition) is 4. The van der Waals surface area contributed by atoms with Crippen molar-refractivity contribution in [3.8, 4) is 5.75 Å². The van der Waals surface area contributed by atoms with Crippen LogP contribution in [0.2, 0.25) is 5.02 Å². The topological polar surface area (TPSA) is 79.8 Å². The summed E-state index contributed by atoms with van der Waals surface area (Å²) in [7, 11) is 0. The molecule has 2 N–H and O–H groups in total. The molecular formula is C15H18ClN3O3. The van der Waals surface area contributed by atoms with Gasteiger partial charge in [0.2, 0.25) is 0 Å². The van der Waals surface area contributed by atoms with E-state index in [1.807, 2.05) is 6.92 Å². The molecule has 118 valence electrons. The van der Waals surface area contributed by atoms with Gasteiger partial charge in [-0.3, -0.25) is 9.59 Å². The van der Waals surface area contributed by atoms with Gasteiger partial charge in [-0.2, -0.15) is 5.10 Å². The van der Waals surface area contributed by atoms with Gasteiger partial charge in [0.15, 0.2) is 0 Å². The Morgan fingerprint density at radius 1 is 1.41 bits per heavy atom. The second-order valence-electron chi connectivity index (χ2n) is 4.24. The first-order valence-electron chi connectivity index (χ1n) is 6.73. The van der Waals surface area contributed by atoms with Crippen molar-refractivity contribution in [2.75, 3.05) is 13.2 Å². The number of nitrogens with zero attached hydrogens (tertiary/aromatic N) is 1. The Kier molecular flexibility index (Phi) is 7.70. The van der Waals surface area contributed by atoms with Crippen molar-refractivity contribution in [2.24, 2.45) is 5.10 Å². The van der Waals surface area contributed by atoms with Gasteiger partial charge in [0.1, 0.15) is 5.75 Å². The van der Waals surface area contributed by atoms with Crippen LogP contribution < -0.4 is 15.5 Å². The first-order valence-corrected chi connectivity index (χ1v) is 7.10. The maximum Gasteiger partial charge on any atom is 0.329 e. The van der Waals surface area contributed by atoms with Crippen molar-refractivity contribution in [2.45, 2.75) is 13.3 Å². The van der Waals surface area contributed by atoms with Crippen molar-refractivity contribution in [1.82, 2.24) is 10.7 Å². The minimum Gasteiger partial charge on any atom is -0.492 e. The number of carbonyl (C=O) groups is 2. The summed E-state index contributed by atoms with van der Waals surface area (Å²) in [5.74, 6) is -1.04. The largest absolute Gasteiger partial charge is 0.492 e. The maximum atomic E-state index is 11.4. The lowest BCUT2D eigenvalue weighted by Gasteiger charge is -2.06. The monoisotopic (exact) mass is 323 g/mol. The lowest BCUT2D eigenvalue weighted by atomic mass is 10.2. The highest BCUT2D eigenvalue weighted by atomic mass is 35.5. The number of benzene rings is 1. The molecule has 0 aliphatic carbocycles. The Hall–Kier alpha value is -2.34. The smallest absolute Gasteiger partial charge is 0.329 e. The average Bonchev–Trinajstić information content (AvgIpc) is 2.51. The zero-order chi connectivity index (χ0) is 16.4. The first-order chi connectivity index (χ1) is 10.6. The van der Waals surface area contributed by atoms with E-state index in [0.717, 1.165) is 6.42 Å². The molecule has 0 aliphatic rings. The van der Waals surface area contributed by atoms with Crippen molar-refractivity contribution >= 4 is 29.6 Å². The summed E-state index contributed by atoms with van der Waals surface area (Å²) in [5.41, 5.74) is 2.79. The fraction of sp³-hybridized carbons (Fsp3) is 0.267. The molecule has 0 fully saturated rings. The molecule has 0 unspecified atom stereocenters. The summed E-state index contributed by atoms with van der Waals surface area (Å²) in [6.45, 7) is 6.23. The molecule has 1 rings (SSSR count). The zero-order valence-electron chi connectivity index (χ0n) is 12.3. The highest BCUT2D eigenvalue weighted by Crippen LogP contribution is 2.24. The lowest BCUT2D eigenvalue weighted by molar-refractivity contribution is -0.139. The van der Waals surface area contributed by atoms with E-state index >= 15 is 0 Å². The number of hydrogen-bond donors (Lipinski definition) is 2. The van der Waals surface area contributed by atoms with Crippen LogP contribution in [-0.2, 0) is 9.59 Å². The van der Waals surface area contributed by atoms with E-state index in [0.29, 0.717) is 22.9 Å². The standard InChI is InChI=1S/C15H18ClN3O3/c1-3-7-17-14(20)15(21)19-18-10-11-5-6-13(12(16)9-11)22-8-4-2/h3,5-6,9-10H,1,4,7-8H2,2H3,(H,17,20)(H,19,21)/b18-10-. The van der Waals surface area contributed by atoms with Gasteiger partial charge in [-0.1, -0.05) is 24.6 Å². The Balaban J connectivity index is 2.56. The molecule has 0 spiro atoms. The summed E-state index contributed by atoms with van der Waals surface area (Å²) in [6.07, 6.45) is 3.74. The number of nitrogens with one attached hydrogen (secondary N) is 2. The van der Waals surface area contributed by atoms with Crippen molar-refractivity contribution < 1.29 is 14.3 Å². The summed E-state index contributed by atoms with van der Waals surface area (Å²) < 4.78 is 5.45. The zero-order valence-corrected chi connectivity index (χ0v) is 13.0. The fourth-order valence-corrected chi connectivity index (χ4v) is 1.63. The van der Waals surface area contributed by atoms with Gasteiger partial charge in [-0.05, 0) is 30.2 Å². The number of hydrazone groups is 1. The lowest BCUT2D eigenvalue weighted by Crippen LogP contribution is -2.37. The average molecular weight is 324 g/mol. The minimum atomic E-state index is -0.855. The molecule has 1 aromatic rings. The van der Waals surface area contributed by atoms with E-state index < -0.39 is 11.8 Å². The molecule has 1 aromatic carbocycles. The minimum absolute atomic E-state index is 0.213. The number of halogens is 1. The first kappa shape index (κ1) is 17.7. The van der Waals surface area contributed by atoms with E-state index in [1.54, 1.807) is 18.2 Å². The molecule has 6 nitrogen and oxygen atoms in total. The van der Waals surface area contributed by atoms with Crippen molar-refractivity contribution in [3.63, 3.8) is 0 Å². The van der Waals surface area contributed by atoms with Gasteiger partial charge in [0.25, 0.3) is 0 Å². The second kappa shape index (κ2) is 9.57. The van der Waals surface area contributed by atoms with E-state index in [9.17, 15) is 9.59 Å². The maximum absolute atomic E-state index is 11.4. The SMILES string of the molecule is C=CCNC(=O)C(=O)N/N=C\c1ccc(OCCC)c(Cl)c1. The number of amides is 2. The Morgan fingerprint density at radius 2 is 2.18 bits per heavy atom. The molecule has 0 radical (unpaired) electrons. The molecule has 2 amide bonds. The van der Waals surface area contributed by atoms with Crippen LogP contribution in [-0.4, -0.2) is 31.2 Å². The van der Waals surface area contributed by atoms with Crippen LogP contribution >= 0.6 is 11.6 Å². The molecule has 0 saturated heterocycles. The highest BCUT2D eigenvalue weighted by Gasteiger charge is 2.10. The third-order valence-corrected chi connectivity index (χ3v) is 2.71. The molecule has 0 bridgehead atoms. The normalized spacial score (nSPS) is 10.3. The van der Waals surface area contributed by atoms with Crippen LogP contribution in [0.5, 0.6) is 5.75 Å². The summed E-state index contributed by atoms with van der Waals surface area (Å²) >= 11 is 6.07. The van der Waals surface area contributed by atoms with Gasteiger partial charge in [-0.15, -0.1) is 6.58 Å². The van der Waals surface area contributed by atoms with Crippen molar-refractivity contribution in [1.29, 1.82) is 0 Å². The van der Waals surface area contributed by atoms with E-state index in [1.165, 1.54) is 12.3 Å². The molecule has 0 saturated carbocycles. The highest BCUT2D eigenvalue weighted by molar-refractivity contribution is 6.35. The van der Waals surface area contributed by atoms with Crippen LogP contribution in [0.4, 0.5) is 0 Å².